The quantitative estimate of drug-likeness (QED) is 0.850. The van der Waals surface area contributed by atoms with E-state index in [1.165, 1.54) is 36.9 Å². The van der Waals surface area contributed by atoms with Gasteiger partial charge in [0.25, 0.3) is 0 Å². The van der Waals surface area contributed by atoms with Crippen molar-refractivity contribution in [1.82, 2.24) is 9.97 Å². The number of anilines is 1. The summed E-state index contributed by atoms with van der Waals surface area (Å²) >= 11 is 0. The Morgan fingerprint density at radius 3 is 2.89 bits per heavy atom. The van der Waals surface area contributed by atoms with Gasteiger partial charge >= 0.3 is 0 Å². The fourth-order valence-electron chi connectivity index (χ4n) is 3.30. The third-order valence-corrected chi connectivity index (χ3v) is 4.43. The number of aryl methyl sites for hydroxylation is 1. The molecule has 1 aromatic heterocycles. The predicted molar refractivity (Wildman–Crippen MR) is 75.3 cm³/mol. The highest BCUT2D eigenvalue weighted by Crippen LogP contribution is 2.28. The smallest absolute Gasteiger partial charge is 0.133 e. The van der Waals surface area contributed by atoms with Gasteiger partial charge in [-0.05, 0) is 44.9 Å². The third-order valence-electron chi connectivity index (χ3n) is 4.43. The molecule has 1 heterocycles. The maximum absolute atomic E-state index is 5.44. The number of hydrogen-bond donors (Lipinski definition) is 1. The van der Waals surface area contributed by atoms with Crippen LogP contribution in [-0.4, -0.2) is 29.2 Å². The first-order chi connectivity index (χ1) is 9.36. The second-order valence-corrected chi connectivity index (χ2v) is 5.72. The van der Waals surface area contributed by atoms with Crippen molar-refractivity contribution in [3.63, 3.8) is 0 Å². The summed E-state index contributed by atoms with van der Waals surface area (Å²) in [6.07, 6.45) is 11.6. The topological polar surface area (TPSA) is 47.0 Å². The van der Waals surface area contributed by atoms with Crippen LogP contribution in [0.4, 0.5) is 5.82 Å². The molecule has 19 heavy (non-hydrogen) atoms. The summed E-state index contributed by atoms with van der Waals surface area (Å²) in [4.78, 5) is 8.95. The molecule has 0 amide bonds. The number of hydrogen-bond acceptors (Lipinski definition) is 4. The minimum atomic E-state index is 0.415. The van der Waals surface area contributed by atoms with E-state index in [0.717, 1.165) is 31.5 Å². The van der Waals surface area contributed by atoms with E-state index in [1.807, 2.05) is 7.11 Å². The van der Waals surface area contributed by atoms with Crippen molar-refractivity contribution in [3.8, 4) is 0 Å². The molecule has 1 N–H and O–H groups in total. The molecule has 104 valence electrons. The molecule has 1 fully saturated rings. The zero-order valence-corrected chi connectivity index (χ0v) is 11.7. The fourth-order valence-corrected chi connectivity index (χ4v) is 3.30. The minimum absolute atomic E-state index is 0.415. The summed E-state index contributed by atoms with van der Waals surface area (Å²) in [5.74, 6) is 1.08. The van der Waals surface area contributed by atoms with E-state index in [4.69, 9.17) is 4.74 Å². The number of nitrogens with zero attached hydrogens (tertiary/aromatic N) is 2. The SMILES string of the molecule is COC1CCC(Nc2ncnc3c2CCCCC3)C1. The Labute approximate surface area is 115 Å². The van der Waals surface area contributed by atoms with Crippen LogP contribution in [0.15, 0.2) is 6.33 Å². The van der Waals surface area contributed by atoms with E-state index in [9.17, 15) is 0 Å². The van der Waals surface area contributed by atoms with Crippen molar-refractivity contribution in [1.29, 1.82) is 0 Å². The minimum Gasteiger partial charge on any atom is -0.381 e. The molecule has 0 saturated heterocycles. The number of aromatic nitrogens is 2. The first-order valence-corrected chi connectivity index (χ1v) is 7.49. The average Bonchev–Trinajstić information content (AvgIpc) is 2.74. The molecule has 2 atom stereocenters. The van der Waals surface area contributed by atoms with Gasteiger partial charge in [-0.2, -0.15) is 0 Å². The summed E-state index contributed by atoms with van der Waals surface area (Å²) < 4.78 is 5.44. The molecular weight excluding hydrogens is 238 g/mol. The van der Waals surface area contributed by atoms with Crippen LogP contribution in [0.1, 0.15) is 49.8 Å². The standard InChI is InChI=1S/C15H23N3O/c1-19-12-8-7-11(9-12)18-15-13-5-3-2-4-6-14(13)16-10-17-15/h10-12H,2-9H2,1H3,(H,16,17,18). The highest BCUT2D eigenvalue weighted by molar-refractivity contribution is 5.47. The molecule has 0 spiro atoms. The summed E-state index contributed by atoms with van der Waals surface area (Å²) in [6, 6.07) is 0.507. The molecule has 4 heteroatoms. The lowest BCUT2D eigenvalue weighted by atomic mass is 10.1. The number of nitrogens with one attached hydrogen (secondary N) is 1. The Kier molecular flexibility index (Phi) is 3.97. The van der Waals surface area contributed by atoms with Crippen LogP contribution in [-0.2, 0) is 17.6 Å². The second kappa shape index (κ2) is 5.87. The van der Waals surface area contributed by atoms with Gasteiger partial charge in [0.15, 0.2) is 0 Å². The van der Waals surface area contributed by atoms with Crippen LogP contribution < -0.4 is 5.32 Å². The molecule has 2 aliphatic carbocycles. The Morgan fingerprint density at radius 2 is 2.05 bits per heavy atom. The molecule has 1 saturated carbocycles. The molecule has 0 aromatic carbocycles. The van der Waals surface area contributed by atoms with Gasteiger partial charge in [0.1, 0.15) is 12.1 Å². The molecule has 0 bridgehead atoms. The van der Waals surface area contributed by atoms with E-state index in [1.54, 1.807) is 6.33 Å². The van der Waals surface area contributed by atoms with Gasteiger partial charge in [-0.15, -0.1) is 0 Å². The normalized spacial score (nSPS) is 26.8. The maximum Gasteiger partial charge on any atom is 0.133 e. The monoisotopic (exact) mass is 261 g/mol. The van der Waals surface area contributed by atoms with E-state index >= 15 is 0 Å². The van der Waals surface area contributed by atoms with E-state index in [2.05, 4.69) is 15.3 Å². The molecule has 3 rings (SSSR count). The molecule has 4 nitrogen and oxygen atoms in total. The van der Waals surface area contributed by atoms with Crippen LogP contribution in [0.3, 0.4) is 0 Å². The first-order valence-electron chi connectivity index (χ1n) is 7.49. The second-order valence-electron chi connectivity index (χ2n) is 5.72. The van der Waals surface area contributed by atoms with Gasteiger partial charge in [-0.3, -0.25) is 0 Å². The van der Waals surface area contributed by atoms with Gasteiger partial charge in [0, 0.05) is 24.4 Å². The van der Waals surface area contributed by atoms with Crippen molar-refractivity contribution >= 4 is 5.82 Å². The van der Waals surface area contributed by atoms with E-state index in [-0.39, 0.29) is 0 Å². The van der Waals surface area contributed by atoms with E-state index in [0.29, 0.717) is 12.1 Å². The van der Waals surface area contributed by atoms with Crippen molar-refractivity contribution < 1.29 is 4.74 Å². The van der Waals surface area contributed by atoms with Gasteiger partial charge in [0.05, 0.1) is 6.10 Å². The Hall–Kier alpha value is -1.16. The van der Waals surface area contributed by atoms with Crippen LogP contribution in [0.2, 0.25) is 0 Å². The third kappa shape index (κ3) is 2.89. The molecule has 0 aliphatic heterocycles. The van der Waals surface area contributed by atoms with Crippen molar-refractivity contribution in [3.05, 3.63) is 17.6 Å². The Morgan fingerprint density at radius 1 is 1.16 bits per heavy atom. The number of ether oxygens (including phenoxy) is 1. The maximum atomic E-state index is 5.44. The van der Waals surface area contributed by atoms with Crippen LogP contribution in [0.5, 0.6) is 0 Å². The molecular formula is C15H23N3O. The highest BCUT2D eigenvalue weighted by Gasteiger charge is 2.25. The molecule has 2 unspecified atom stereocenters. The predicted octanol–water partition coefficient (Wildman–Crippen LogP) is 2.72. The fraction of sp³-hybridized carbons (Fsp3) is 0.733. The molecule has 0 radical (unpaired) electrons. The number of methoxy groups -OCH3 is 1. The lowest BCUT2D eigenvalue weighted by molar-refractivity contribution is 0.108. The zero-order chi connectivity index (χ0) is 13.1. The van der Waals surface area contributed by atoms with Crippen molar-refractivity contribution in [2.24, 2.45) is 0 Å². The summed E-state index contributed by atoms with van der Waals surface area (Å²) in [5, 5.41) is 3.63. The van der Waals surface area contributed by atoms with Gasteiger partial charge in [-0.1, -0.05) is 6.42 Å². The molecule has 1 aromatic rings. The Balaban J connectivity index is 1.74. The lowest BCUT2D eigenvalue weighted by Gasteiger charge is -2.17. The van der Waals surface area contributed by atoms with Gasteiger partial charge in [0.2, 0.25) is 0 Å². The van der Waals surface area contributed by atoms with Crippen LogP contribution in [0, 0.1) is 0 Å². The van der Waals surface area contributed by atoms with Crippen LogP contribution in [0.25, 0.3) is 0 Å². The summed E-state index contributed by atoms with van der Waals surface area (Å²) in [5.41, 5.74) is 2.62. The Bertz CT molecular complexity index is 435. The molecule has 2 aliphatic rings. The van der Waals surface area contributed by atoms with Crippen LogP contribution >= 0.6 is 0 Å². The largest absolute Gasteiger partial charge is 0.381 e. The number of rotatable bonds is 3. The zero-order valence-electron chi connectivity index (χ0n) is 11.7. The lowest BCUT2D eigenvalue weighted by Crippen LogP contribution is -2.20. The highest BCUT2D eigenvalue weighted by atomic mass is 16.5. The van der Waals surface area contributed by atoms with Gasteiger partial charge in [-0.25, -0.2) is 9.97 Å². The average molecular weight is 261 g/mol. The van der Waals surface area contributed by atoms with Crippen molar-refractivity contribution in [2.45, 2.75) is 63.5 Å². The summed E-state index contributed by atoms with van der Waals surface area (Å²) in [6.45, 7) is 0. The summed E-state index contributed by atoms with van der Waals surface area (Å²) in [7, 11) is 1.81. The first kappa shape index (κ1) is 12.9. The number of fused-ring (bicyclic) bond motifs is 1. The van der Waals surface area contributed by atoms with E-state index < -0.39 is 0 Å². The van der Waals surface area contributed by atoms with Crippen molar-refractivity contribution in [2.75, 3.05) is 12.4 Å². The van der Waals surface area contributed by atoms with Gasteiger partial charge < -0.3 is 10.1 Å².